The molecule has 0 aliphatic rings. The first-order valence-corrected chi connectivity index (χ1v) is 9.59. The van der Waals surface area contributed by atoms with E-state index >= 15 is 0 Å². The molecule has 28 heavy (non-hydrogen) atoms. The van der Waals surface area contributed by atoms with Crippen LogP contribution in [0.15, 0.2) is 29.4 Å². The third-order valence-electron chi connectivity index (χ3n) is 4.16. The van der Waals surface area contributed by atoms with E-state index in [0.717, 1.165) is 24.5 Å². The Bertz CT molecular complexity index is 1160. The molecule has 0 saturated carbocycles. The summed E-state index contributed by atoms with van der Waals surface area (Å²) in [7, 11) is -4.31. The van der Waals surface area contributed by atoms with Crippen LogP contribution < -0.4 is 5.46 Å². The SMILES string of the molecule is CCS(=O)(=O)c1cc(B(O)O)cnc1-c1nc2cc(C(F)(F)F)ncc2n1C. The molecule has 0 bridgehead atoms. The number of aromatic nitrogens is 4. The third kappa shape index (κ3) is 3.47. The van der Waals surface area contributed by atoms with E-state index in [2.05, 4.69) is 15.0 Å². The van der Waals surface area contributed by atoms with Gasteiger partial charge in [-0.1, -0.05) is 6.92 Å². The normalized spacial score (nSPS) is 12.5. The highest BCUT2D eigenvalue weighted by Crippen LogP contribution is 2.32. The largest absolute Gasteiger partial charge is 0.490 e. The van der Waals surface area contributed by atoms with Crippen molar-refractivity contribution in [3.63, 3.8) is 0 Å². The summed E-state index contributed by atoms with van der Waals surface area (Å²) in [6.45, 7) is 1.40. The predicted octanol–water partition coefficient (Wildman–Crippen LogP) is 0.523. The Balaban J connectivity index is 2.29. The quantitative estimate of drug-likeness (QED) is 0.598. The molecule has 2 N–H and O–H groups in total. The molecule has 0 aliphatic heterocycles. The summed E-state index contributed by atoms with van der Waals surface area (Å²) in [6, 6.07) is 1.82. The van der Waals surface area contributed by atoms with Gasteiger partial charge in [-0.05, 0) is 12.1 Å². The number of fused-ring (bicyclic) bond motifs is 1. The average Bonchev–Trinajstić information content (AvgIpc) is 2.96. The van der Waals surface area contributed by atoms with Gasteiger partial charge in [0.05, 0.1) is 27.9 Å². The first-order valence-electron chi connectivity index (χ1n) is 7.94. The zero-order valence-electron chi connectivity index (χ0n) is 14.6. The molecule has 0 fully saturated rings. The fourth-order valence-electron chi connectivity index (χ4n) is 2.62. The smallest absolute Gasteiger partial charge is 0.423 e. The maximum Gasteiger partial charge on any atom is 0.490 e. The maximum absolute atomic E-state index is 12.9. The van der Waals surface area contributed by atoms with Gasteiger partial charge in [-0.3, -0.25) is 4.98 Å². The summed E-state index contributed by atoms with van der Waals surface area (Å²) in [5, 5.41) is 18.6. The Morgan fingerprint density at radius 1 is 1.18 bits per heavy atom. The lowest BCUT2D eigenvalue weighted by molar-refractivity contribution is -0.141. The average molecular weight is 414 g/mol. The van der Waals surface area contributed by atoms with E-state index < -0.39 is 28.8 Å². The molecular formula is C15H14BF3N4O4S. The molecule has 8 nitrogen and oxygen atoms in total. The molecule has 13 heteroatoms. The number of hydrogen-bond acceptors (Lipinski definition) is 7. The molecule has 3 aromatic rings. The van der Waals surface area contributed by atoms with E-state index in [1.807, 2.05) is 0 Å². The molecule has 0 unspecified atom stereocenters. The molecule has 0 amide bonds. The van der Waals surface area contributed by atoms with Crippen LogP contribution in [-0.4, -0.2) is 50.9 Å². The van der Waals surface area contributed by atoms with E-state index in [-0.39, 0.29) is 38.7 Å². The number of halogens is 3. The number of nitrogens with zero attached hydrogens (tertiary/aromatic N) is 4. The van der Waals surface area contributed by atoms with Crippen molar-refractivity contribution < 1.29 is 31.6 Å². The summed E-state index contributed by atoms with van der Waals surface area (Å²) in [5.74, 6) is -0.293. The van der Waals surface area contributed by atoms with E-state index in [9.17, 15) is 31.6 Å². The van der Waals surface area contributed by atoms with E-state index in [0.29, 0.717) is 0 Å². The molecule has 0 saturated heterocycles. The lowest BCUT2D eigenvalue weighted by Crippen LogP contribution is -2.31. The van der Waals surface area contributed by atoms with E-state index in [1.54, 1.807) is 0 Å². The van der Waals surface area contributed by atoms with Crippen LogP contribution in [0.25, 0.3) is 22.6 Å². The van der Waals surface area contributed by atoms with Crippen molar-refractivity contribution in [3.8, 4) is 11.5 Å². The number of alkyl halides is 3. The fraction of sp³-hybridized carbons (Fsp3) is 0.267. The van der Waals surface area contributed by atoms with Crippen LogP contribution in [0.3, 0.4) is 0 Å². The number of hydrogen-bond donors (Lipinski definition) is 2. The van der Waals surface area contributed by atoms with Gasteiger partial charge < -0.3 is 14.6 Å². The predicted molar refractivity (Wildman–Crippen MR) is 94.3 cm³/mol. The molecule has 0 atom stereocenters. The fourth-order valence-corrected chi connectivity index (χ4v) is 3.68. The third-order valence-corrected chi connectivity index (χ3v) is 5.90. The van der Waals surface area contributed by atoms with Crippen LogP contribution in [0.2, 0.25) is 0 Å². The van der Waals surface area contributed by atoms with Gasteiger partial charge in [0.2, 0.25) is 0 Å². The van der Waals surface area contributed by atoms with Crippen molar-refractivity contribution in [1.29, 1.82) is 0 Å². The van der Waals surface area contributed by atoms with Crippen molar-refractivity contribution >= 4 is 33.5 Å². The first kappa shape index (κ1) is 20.2. The second-order valence-electron chi connectivity index (χ2n) is 5.94. The van der Waals surface area contributed by atoms with Gasteiger partial charge in [-0.15, -0.1) is 0 Å². The number of sulfone groups is 1. The van der Waals surface area contributed by atoms with Crippen molar-refractivity contribution in [2.75, 3.05) is 5.75 Å². The summed E-state index contributed by atoms with van der Waals surface area (Å²) in [5.41, 5.74) is -1.17. The molecule has 0 aliphatic carbocycles. The molecule has 148 valence electrons. The minimum Gasteiger partial charge on any atom is -0.423 e. The lowest BCUT2D eigenvalue weighted by Gasteiger charge is -2.10. The summed E-state index contributed by atoms with van der Waals surface area (Å²) < 4.78 is 65.0. The van der Waals surface area contributed by atoms with Crippen molar-refractivity contribution in [2.24, 2.45) is 7.05 Å². The van der Waals surface area contributed by atoms with Gasteiger partial charge in [0.25, 0.3) is 0 Å². The molecule has 0 spiro atoms. The molecule has 0 aromatic carbocycles. The van der Waals surface area contributed by atoms with Crippen molar-refractivity contribution in [2.45, 2.75) is 18.0 Å². The minimum atomic E-state index is -4.65. The number of pyridine rings is 2. The molecule has 3 aromatic heterocycles. The van der Waals surface area contributed by atoms with Crippen LogP contribution in [0.1, 0.15) is 12.6 Å². The van der Waals surface area contributed by atoms with Crippen LogP contribution in [0.4, 0.5) is 13.2 Å². The highest BCUT2D eigenvalue weighted by molar-refractivity contribution is 7.91. The van der Waals surface area contributed by atoms with Gasteiger partial charge in [0.15, 0.2) is 15.7 Å². The molecule has 0 radical (unpaired) electrons. The Morgan fingerprint density at radius 3 is 2.43 bits per heavy atom. The summed E-state index contributed by atoms with van der Waals surface area (Å²) >= 11 is 0. The Labute approximate surface area is 157 Å². The maximum atomic E-state index is 12.9. The second-order valence-corrected chi connectivity index (χ2v) is 8.19. The number of rotatable bonds is 4. The van der Waals surface area contributed by atoms with Gasteiger partial charge >= 0.3 is 13.3 Å². The molecule has 3 heterocycles. The van der Waals surface area contributed by atoms with Gasteiger partial charge in [-0.2, -0.15) is 13.2 Å². The lowest BCUT2D eigenvalue weighted by atomic mass is 9.81. The number of aryl methyl sites for hydroxylation is 1. The van der Waals surface area contributed by atoms with Crippen LogP contribution >= 0.6 is 0 Å². The van der Waals surface area contributed by atoms with Gasteiger partial charge in [-0.25, -0.2) is 18.4 Å². The zero-order valence-corrected chi connectivity index (χ0v) is 15.5. The Hall–Kier alpha value is -2.51. The second kappa shape index (κ2) is 6.83. The first-order chi connectivity index (χ1) is 13.0. The Kier molecular flexibility index (Phi) is 4.94. The Morgan fingerprint density at radius 2 is 1.86 bits per heavy atom. The minimum absolute atomic E-state index is 0.00197. The molecular weight excluding hydrogens is 400 g/mol. The van der Waals surface area contributed by atoms with Crippen LogP contribution in [0, 0.1) is 0 Å². The summed E-state index contributed by atoms with van der Waals surface area (Å²) in [4.78, 5) is 11.2. The van der Waals surface area contributed by atoms with Crippen molar-refractivity contribution in [3.05, 3.63) is 30.2 Å². The van der Waals surface area contributed by atoms with Gasteiger partial charge in [0.1, 0.15) is 11.4 Å². The van der Waals surface area contributed by atoms with Gasteiger partial charge in [0, 0.05) is 18.7 Å². The topological polar surface area (TPSA) is 118 Å². The van der Waals surface area contributed by atoms with E-state index in [1.165, 1.54) is 18.5 Å². The molecule has 3 rings (SSSR count). The van der Waals surface area contributed by atoms with Crippen molar-refractivity contribution in [1.82, 2.24) is 19.5 Å². The summed E-state index contributed by atoms with van der Waals surface area (Å²) in [6.07, 6.45) is -2.60. The monoisotopic (exact) mass is 414 g/mol. The highest BCUT2D eigenvalue weighted by atomic mass is 32.2. The highest BCUT2D eigenvalue weighted by Gasteiger charge is 2.33. The standard InChI is InChI=1S/C15H14BF3N4O4S/c1-3-28(26,27)11-4-8(16(24)25)6-21-13(11)14-22-9-5-12(15(17,18)19)20-7-10(9)23(14)2/h4-7,24-25H,3H2,1-2H3. The van der Waals surface area contributed by atoms with Crippen LogP contribution in [-0.2, 0) is 23.1 Å². The zero-order chi connectivity index (χ0) is 20.9. The van der Waals surface area contributed by atoms with E-state index in [4.69, 9.17) is 0 Å². The van der Waals surface area contributed by atoms with Crippen LogP contribution in [0.5, 0.6) is 0 Å². The number of imidazole rings is 1.